The minimum Gasteiger partial charge on any atom is -0.478 e. The van der Waals surface area contributed by atoms with Crippen LogP contribution in [0.2, 0.25) is 0 Å². The molecular formula is C16H17NO6S. The number of methoxy groups -OCH3 is 2. The molecule has 1 aromatic carbocycles. The molecule has 1 fully saturated rings. The van der Waals surface area contributed by atoms with E-state index in [9.17, 15) is 20.0 Å². The standard InChI is InChI=1S/C16H17NO6S/c1-22-16(23-2)8-9-7-12(13(14(9)16)15(18)19)24-11-5-3-10(4-6-11)17(20)21/h3-6,9,14H,7-8H2,1-2H3,(H,18,19). The number of nitro benzene ring substituents is 1. The minimum absolute atomic E-state index is 0.0102. The Balaban J connectivity index is 1.88. The number of nitrogens with zero attached hydrogens (tertiary/aromatic N) is 1. The predicted molar refractivity (Wildman–Crippen MR) is 86.6 cm³/mol. The summed E-state index contributed by atoms with van der Waals surface area (Å²) in [4.78, 5) is 23.6. The second kappa shape index (κ2) is 6.19. The second-order valence-electron chi connectivity index (χ2n) is 5.86. The molecule has 0 bridgehead atoms. The van der Waals surface area contributed by atoms with Crippen LogP contribution in [0.1, 0.15) is 12.8 Å². The fourth-order valence-corrected chi connectivity index (χ4v) is 4.79. The van der Waals surface area contributed by atoms with E-state index in [4.69, 9.17) is 9.47 Å². The van der Waals surface area contributed by atoms with Gasteiger partial charge in [-0.3, -0.25) is 10.1 Å². The molecular weight excluding hydrogens is 334 g/mol. The smallest absolute Gasteiger partial charge is 0.332 e. The van der Waals surface area contributed by atoms with Gasteiger partial charge in [0, 0.05) is 48.5 Å². The first-order chi connectivity index (χ1) is 11.4. The molecule has 7 nitrogen and oxygen atoms in total. The van der Waals surface area contributed by atoms with E-state index in [-0.39, 0.29) is 17.5 Å². The Morgan fingerprint density at radius 2 is 1.96 bits per heavy atom. The lowest BCUT2D eigenvalue weighted by Gasteiger charge is -2.50. The molecule has 2 aliphatic rings. The molecule has 0 saturated heterocycles. The maximum Gasteiger partial charge on any atom is 0.332 e. The largest absolute Gasteiger partial charge is 0.478 e. The van der Waals surface area contributed by atoms with Gasteiger partial charge in [-0.25, -0.2) is 4.79 Å². The Bertz CT molecular complexity index is 710. The zero-order chi connectivity index (χ0) is 17.5. The summed E-state index contributed by atoms with van der Waals surface area (Å²) in [5.74, 6) is -1.93. The topological polar surface area (TPSA) is 98.9 Å². The number of hydrogen-bond donors (Lipinski definition) is 1. The van der Waals surface area contributed by atoms with Crippen molar-refractivity contribution in [3.05, 3.63) is 44.9 Å². The molecule has 0 radical (unpaired) electrons. The van der Waals surface area contributed by atoms with E-state index in [1.165, 1.54) is 38.1 Å². The lowest BCUT2D eigenvalue weighted by molar-refractivity contribution is -0.384. The molecule has 2 aliphatic carbocycles. The van der Waals surface area contributed by atoms with Gasteiger partial charge in [-0.1, -0.05) is 11.8 Å². The van der Waals surface area contributed by atoms with Crippen LogP contribution >= 0.6 is 11.8 Å². The molecule has 0 spiro atoms. The molecule has 2 atom stereocenters. The number of fused-ring (bicyclic) bond motifs is 1. The lowest BCUT2D eigenvalue weighted by Crippen LogP contribution is -2.56. The summed E-state index contributed by atoms with van der Waals surface area (Å²) >= 11 is 1.34. The van der Waals surface area contributed by atoms with Gasteiger partial charge in [0.1, 0.15) is 0 Å². The van der Waals surface area contributed by atoms with Crippen LogP contribution in [0.25, 0.3) is 0 Å². The van der Waals surface area contributed by atoms with Crippen molar-refractivity contribution in [2.24, 2.45) is 11.8 Å². The first-order valence-corrected chi connectivity index (χ1v) is 8.22. The van der Waals surface area contributed by atoms with Gasteiger partial charge in [-0.2, -0.15) is 0 Å². The SMILES string of the molecule is COC1(OC)CC2CC(Sc3ccc([N+](=O)[O-])cc3)=C(C(=O)O)C21. The number of thioether (sulfide) groups is 1. The molecule has 1 aromatic rings. The van der Waals surface area contributed by atoms with Crippen LogP contribution in [0.5, 0.6) is 0 Å². The molecule has 1 N–H and O–H groups in total. The van der Waals surface area contributed by atoms with Crippen molar-refractivity contribution < 1.29 is 24.3 Å². The summed E-state index contributed by atoms with van der Waals surface area (Å²) in [5, 5.41) is 20.4. The van der Waals surface area contributed by atoms with Crippen LogP contribution in [-0.4, -0.2) is 36.0 Å². The van der Waals surface area contributed by atoms with Gasteiger partial charge in [0.15, 0.2) is 5.79 Å². The number of hydrogen-bond acceptors (Lipinski definition) is 6. The average Bonchev–Trinajstić information content (AvgIpc) is 2.84. The summed E-state index contributed by atoms with van der Waals surface area (Å²) in [6.45, 7) is 0. The lowest BCUT2D eigenvalue weighted by atomic mass is 9.67. The van der Waals surface area contributed by atoms with Gasteiger partial charge in [0.25, 0.3) is 5.69 Å². The van der Waals surface area contributed by atoms with Crippen molar-refractivity contribution in [2.45, 2.75) is 23.5 Å². The first kappa shape index (κ1) is 16.9. The van der Waals surface area contributed by atoms with E-state index in [0.717, 1.165) is 9.80 Å². The third kappa shape index (κ3) is 2.60. The van der Waals surface area contributed by atoms with Gasteiger partial charge in [0.05, 0.1) is 10.5 Å². The summed E-state index contributed by atoms with van der Waals surface area (Å²) in [5.41, 5.74) is 0.342. The molecule has 24 heavy (non-hydrogen) atoms. The number of carbonyl (C=O) groups is 1. The highest BCUT2D eigenvalue weighted by Gasteiger charge is 2.61. The Labute approximate surface area is 142 Å². The quantitative estimate of drug-likeness (QED) is 0.478. The molecule has 0 aromatic heterocycles. The molecule has 0 amide bonds. The summed E-state index contributed by atoms with van der Waals surface area (Å²) < 4.78 is 10.9. The maximum absolute atomic E-state index is 11.8. The van der Waals surface area contributed by atoms with Crippen molar-refractivity contribution in [3.8, 4) is 0 Å². The van der Waals surface area contributed by atoms with E-state index < -0.39 is 16.7 Å². The first-order valence-electron chi connectivity index (χ1n) is 7.41. The summed E-state index contributed by atoms with van der Waals surface area (Å²) in [7, 11) is 3.06. The van der Waals surface area contributed by atoms with E-state index >= 15 is 0 Å². The number of carboxylic acids is 1. The third-order valence-corrected chi connectivity index (χ3v) is 5.90. The molecule has 2 unspecified atom stereocenters. The number of nitro groups is 1. The Morgan fingerprint density at radius 3 is 2.46 bits per heavy atom. The van der Waals surface area contributed by atoms with Crippen LogP contribution in [0.3, 0.4) is 0 Å². The number of ether oxygens (including phenoxy) is 2. The van der Waals surface area contributed by atoms with E-state index in [1.807, 2.05) is 0 Å². The number of rotatable bonds is 6. The van der Waals surface area contributed by atoms with Gasteiger partial charge >= 0.3 is 5.97 Å². The fourth-order valence-electron chi connectivity index (χ4n) is 3.61. The Kier molecular flexibility index (Phi) is 4.37. The average molecular weight is 351 g/mol. The van der Waals surface area contributed by atoms with Crippen LogP contribution in [0.15, 0.2) is 39.6 Å². The zero-order valence-corrected chi connectivity index (χ0v) is 14.0. The highest BCUT2D eigenvalue weighted by molar-refractivity contribution is 8.03. The molecule has 1 saturated carbocycles. The Hall–Kier alpha value is -1.90. The second-order valence-corrected chi connectivity index (χ2v) is 7.03. The summed E-state index contributed by atoms with van der Waals surface area (Å²) in [6, 6.07) is 6.10. The van der Waals surface area contributed by atoms with Crippen LogP contribution in [-0.2, 0) is 14.3 Å². The monoisotopic (exact) mass is 351 g/mol. The minimum atomic E-state index is -0.968. The van der Waals surface area contributed by atoms with Crippen molar-refractivity contribution in [2.75, 3.05) is 14.2 Å². The van der Waals surface area contributed by atoms with Crippen molar-refractivity contribution >= 4 is 23.4 Å². The molecule has 8 heteroatoms. The fraction of sp³-hybridized carbons (Fsp3) is 0.438. The van der Waals surface area contributed by atoms with Crippen molar-refractivity contribution in [1.82, 2.24) is 0 Å². The van der Waals surface area contributed by atoms with E-state index in [1.54, 1.807) is 12.1 Å². The number of carboxylic acid groups (broad SMARTS) is 1. The molecule has 3 rings (SSSR count). The number of aliphatic carboxylic acids is 1. The van der Waals surface area contributed by atoms with Crippen LogP contribution in [0.4, 0.5) is 5.69 Å². The number of benzene rings is 1. The third-order valence-electron chi connectivity index (χ3n) is 4.76. The predicted octanol–water partition coefficient (Wildman–Crippen LogP) is 3.05. The number of non-ortho nitro benzene ring substituents is 1. The normalized spacial score (nSPS) is 24.4. The van der Waals surface area contributed by atoms with Crippen molar-refractivity contribution in [1.29, 1.82) is 0 Å². The van der Waals surface area contributed by atoms with Crippen LogP contribution < -0.4 is 0 Å². The Morgan fingerprint density at radius 1 is 1.33 bits per heavy atom. The molecule has 0 heterocycles. The highest BCUT2D eigenvalue weighted by atomic mass is 32.2. The van der Waals surface area contributed by atoms with E-state index in [2.05, 4.69) is 0 Å². The number of allylic oxidation sites excluding steroid dienone is 1. The van der Waals surface area contributed by atoms with E-state index in [0.29, 0.717) is 18.4 Å². The van der Waals surface area contributed by atoms with Crippen molar-refractivity contribution in [3.63, 3.8) is 0 Å². The summed E-state index contributed by atoms with van der Waals surface area (Å²) in [6.07, 6.45) is 1.31. The molecule has 128 valence electrons. The van der Waals surface area contributed by atoms with Gasteiger partial charge in [0.2, 0.25) is 0 Å². The van der Waals surface area contributed by atoms with Gasteiger partial charge in [-0.05, 0) is 24.5 Å². The zero-order valence-electron chi connectivity index (χ0n) is 13.2. The molecule has 0 aliphatic heterocycles. The van der Waals surface area contributed by atoms with Gasteiger partial charge in [-0.15, -0.1) is 0 Å². The maximum atomic E-state index is 11.8. The highest BCUT2D eigenvalue weighted by Crippen LogP contribution is 2.60. The van der Waals surface area contributed by atoms with Crippen LogP contribution in [0, 0.1) is 22.0 Å². The van der Waals surface area contributed by atoms with Gasteiger partial charge < -0.3 is 14.6 Å².